The molecule has 1 unspecified atom stereocenters. The number of hydrogen-bond donors (Lipinski definition) is 1. The van der Waals surface area contributed by atoms with Gasteiger partial charge in [0, 0.05) is 25.6 Å². The molecule has 0 saturated carbocycles. The van der Waals surface area contributed by atoms with Crippen molar-refractivity contribution in [2.45, 2.75) is 44.0 Å². The van der Waals surface area contributed by atoms with Crippen molar-refractivity contribution in [1.29, 1.82) is 0 Å². The Labute approximate surface area is 202 Å². The number of halogens is 1. The summed E-state index contributed by atoms with van der Waals surface area (Å²) in [4.78, 5) is 28.4. The average Bonchev–Trinajstić information content (AvgIpc) is 3.49. The molecule has 0 aliphatic carbocycles. The maximum atomic E-state index is 14.5. The van der Waals surface area contributed by atoms with Crippen LogP contribution in [-0.2, 0) is 22.5 Å². The number of carbonyl (C=O) groups is 2. The van der Waals surface area contributed by atoms with Gasteiger partial charge in [-0.2, -0.15) is 0 Å². The van der Waals surface area contributed by atoms with Crippen molar-refractivity contribution in [3.8, 4) is 11.3 Å². The highest BCUT2D eigenvalue weighted by Gasteiger charge is 2.21. The van der Waals surface area contributed by atoms with Crippen molar-refractivity contribution >= 4 is 23.5 Å². The number of nitrogens with one attached hydrogen (secondary N) is 1. The number of aromatic nitrogens is 2. The van der Waals surface area contributed by atoms with Gasteiger partial charge in [-0.15, -0.1) is 0 Å². The van der Waals surface area contributed by atoms with Crippen molar-refractivity contribution in [1.82, 2.24) is 14.9 Å². The van der Waals surface area contributed by atoms with Gasteiger partial charge in [0.1, 0.15) is 5.82 Å². The molecule has 4 rings (SSSR count). The number of nitrogens with zero attached hydrogens (tertiary/aromatic N) is 2. The fraction of sp³-hybridized carbons (Fsp3) is 0.346. The molecule has 1 N–H and O–H groups in total. The van der Waals surface area contributed by atoms with Crippen LogP contribution in [0.4, 0.5) is 4.39 Å². The molecule has 0 bridgehead atoms. The third-order valence-corrected chi connectivity index (χ3v) is 6.76. The molecule has 1 aliphatic heterocycles. The third kappa shape index (κ3) is 6.12. The third-order valence-electron chi connectivity index (χ3n) is 5.77. The summed E-state index contributed by atoms with van der Waals surface area (Å²) in [5.41, 5.74) is 2.84. The lowest BCUT2D eigenvalue weighted by Gasteiger charge is -2.16. The lowest BCUT2D eigenvalue weighted by atomic mass is 10.1. The smallest absolute Gasteiger partial charge is 0.216 e. The van der Waals surface area contributed by atoms with Crippen LogP contribution >= 0.6 is 11.8 Å². The second kappa shape index (κ2) is 11.4. The van der Waals surface area contributed by atoms with E-state index in [1.54, 1.807) is 12.1 Å². The van der Waals surface area contributed by atoms with Crippen molar-refractivity contribution in [2.24, 2.45) is 0 Å². The number of rotatable bonds is 10. The standard InChI is InChI=1S/C26H28FN3O3S/c1-18(31)28-12-11-19-9-10-21(14-23(19)27)25(32)17-34-26-29-15-24(20-6-3-2-4-7-20)30(26)16-22-8-5-13-33-22/h2-4,6-7,9-10,14-15,22H,5,8,11-13,16-17H2,1H3,(H,28,31). The van der Waals surface area contributed by atoms with Gasteiger partial charge >= 0.3 is 0 Å². The predicted octanol–water partition coefficient (Wildman–Crippen LogP) is 4.52. The number of ketones is 1. The zero-order chi connectivity index (χ0) is 23.9. The Bertz CT molecular complexity index is 1140. The minimum atomic E-state index is -0.438. The van der Waals surface area contributed by atoms with Gasteiger partial charge in [-0.05, 0) is 36.5 Å². The number of ether oxygens (including phenoxy) is 1. The topological polar surface area (TPSA) is 73.2 Å². The number of thioether (sulfide) groups is 1. The van der Waals surface area contributed by atoms with E-state index in [9.17, 15) is 14.0 Å². The fourth-order valence-electron chi connectivity index (χ4n) is 3.99. The Morgan fingerprint density at radius 3 is 2.76 bits per heavy atom. The SMILES string of the molecule is CC(=O)NCCc1ccc(C(=O)CSc2ncc(-c3ccccc3)n2CC2CCCO2)cc1F. The van der Waals surface area contributed by atoms with Crippen LogP contribution in [0.3, 0.4) is 0 Å². The van der Waals surface area contributed by atoms with Gasteiger partial charge < -0.3 is 14.6 Å². The molecule has 1 aliphatic rings. The molecule has 2 heterocycles. The van der Waals surface area contributed by atoms with Crippen LogP contribution in [0.2, 0.25) is 0 Å². The molecule has 1 amide bonds. The molecule has 8 heteroatoms. The van der Waals surface area contributed by atoms with Crippen LogP contribution in [0, 0.1) is 5.82 Å². The van der Waals surface area contributed by atoms with Gasteiger partial charge in [-0.3, -0.25) is 9.59 Å². The van der Waals surface area contributed by atoms with Gasteiger partial charge in [0.25, 0.3) is 0 Å². The summed E-state index contributed by atoms with van der Waals surface area (Å²) in [7, 11) is 0. The van der Waals surface area contributed by atoms with Gasteiger partial charge in [-0.1, -0.05) is 54.2 Å². The van der Waals surface area contributed by atoms with E-state index in [2.05, 4.69) is 14.9 Å². The molecule has 1 aromatic heterocycles. The van der Waals surface area contributed by atoms with E-state index in [-0.39, 0.29) is 23.5 Å². The minimum absolute atomic E-state index is 0.130. The number of carbonyl (C=O) groups excluding carboxylic acids is 2. The summed E-state index contributed by atoms with van der Waals surface area (Å²) in [6.45, 7) is 3.23. The number of Topliss-reactive ketones (excluding diaryl/α,β-unsaturated/α-hetero) is 1. The summed E-state index contributed by atoms with van der Waals surface area (Å²) < 4.78 is 22.4. The maximum absolute atomic E-state index is 14.5. The van der Waals surface area contributed by atoms with Gasteiger partial charge in [0.15, 0.2) is 10.9 Å². The molecule has 0 spiro atoms. The molecule has 3 aromatic rings. The van der Waals surface area contributed by atoms with Crippen molar-refractivity contribution in [2.75, 3.05) is 18.9 Å². The molecule has 1 saturated heterocycles. The van der Waals surface area contributed by atoms with Crippen LogP contribution in [0.1, 0.15) is 35.7 Å². The molecule has 1 atom stereocenters. The summed E-state index contributed by atoms with van der Waals surface area (Å²) in [5.74, 6) is -0.600. The van der Waals surface area contributed by atoms with E-state index in [0.29, 0.717) is 30.6 Å². The molecule has 0 radical (unpaired) electrons. The molecule has 2 aromatic carbocycles. The highest BCUT2D eigenvalue weighted by atomic mass is 32.2. The largest absolute Gasteiger partial charge is 0.376 e. The summed E-state index contributed by atoms with van der Waals surface area (Å²) >= 11 is 1.35. The first-order valence-corrected chi connectivity index (χ1v) is 12.4. The van der Waals surface area contributed by atoms with E-state index >= 15 is 0 Å². The maximum Gasteiger partial charge on any atom is 0.216 e. The Morgan fingerprint density at radius 2 is 2.06 bits per heavy atom. The Hall–Kier alpha value is -2.97. The van der Waals surface area contributed by atoms with E-state index in [1.165, 1.54) is 24.8 Å². The normalized spacial score (nSPS) is 15.4. The average molecular weight is 482 g/mol. The van der Waals surface area contributed by atoms with Gasteiger partial charge in [0.05, 0.1) is 30.3 Å². The van der Waals surface area contributed by atoms with E-state index < -0.39 is 5.82 Å². The second-order valence-corrected chi connectivity index (χ2v) is 9.23. The first-order valence-electron chi connectivity index (χ1n) is 11.4. The molecule has 6 nitrogen and oxygen atoms in total. The van der Waals surface area contributed by atoms with Crippen molar-refractivity contribution in [3.63, 3.8) is 0 Å². The predicted molar refractivity (Wildman–Crippen MR) is 130 cm³/mol. The monoisotopic (exact) mass is 481 g/mol. The zero-order valence-electron chi connectivity index (χ0n) is 19.1. The highest BCUT2D eigenvalue weighted by molar-refractivity contribution is 7.99. The van der Waals surface area contributed by atoms with Crippen LogP contribution in [0.25, 0.3) is 11.3 Å². The lowest BCUT2D eigenvalue weighted by molar-refractivity contribution is -0.118. The molecular formula is C26H28FN3O3S. The van der Waals surface area contributed by atoms with Crippen LogP contribution < -0.4 is 5.32 Å². The minimum Gasteiger partial charge on any atom is -0.376 e. The first-order chi connectivity index (χ1) is 16.5. The Morgan fingerprint density at radius 1 is 1.24 bits per heavy atom. The van der Waals surface area contributed by atoms with E-state index in [4.69, 9.17) is 4.74 Å². The molecule has 34 heavy (non-hydrogen) atoms. The summed E-state index contributed by atoms with van der Waals surface area (Å²) in [5, 5.41) is 3.39. The van der Waals surface area contributed by atoms with Gasteiger partial charge in [-0.25, -0.2) is 9.37 Å². The Kier molecular flexibility index (Phi) is 8.13. The van der Waals surface area contributed by atoms with E-state index in [1.807, 2.05) is 36.5 Å². The van der Waals surface area contributed by atoms with Crippen LogP contribution in [0.5, 0.6) is 0 Å². The van der Waals surface area contributed by atoms with Gasteiger partial charge in [0.2, 0.25) is 5.91 Å². The molecule has 178 valence electrons. The zero-order valence-corrected chi connectivity index (χ0v) is 19.9. The second-order valence-electron chi connectivity index (χ2n) is 8.29. The van der Waals surface area contributed by atoms with Crippen molar-refractivity contribution in [3.05, 3.63) is 71.7 Å². The van der Waals surface area contributed by atoms with E-state index in [0.717, 1.165) is 35.9 Å². The fourth-order valence-corrected chi connectivity index (χ4v) is 4.87. The number of amides is 1. The van der Waals surface area contributed by atoms with Crippen LogP contribution in [-0.4, -0.2) is 46.2 Å². The Balaban J connectivity index is 1.45. The molecule has 1 fully saturated rings. The quantitative estimate of drug-likeness (QED) is 0.340. The number of imidazole rings is 1. The number of hydrogen-bond acceptors (Lipinski definition) is 5. The lowest BCUT2D eigenvalue weighted by Crippen LogP contribution is -2.22. The summed E-state index contributed by atoms with van der Waals surface area (Å²) in [6.07, 6.45) is 4.39. The highest BCUT2D eigenvalue weighted by Crippen LogP contribution is 2.29. The first kappa shape index (κ1) is 24.2. The van der Waals surface area contributed by atoms with Crippen LogP contribution in [0.15, 0.2) is 59.9 Å². The summed E-state index contributed by atoms with van der Waals surface area (Å²) in [6, 6.07) is 14.6. The van der Waals surface area contributed by atoms with Crippen molar-refractivity contribution < 1.29 is 18.7 Å². The number of benzene rings is 2. The molecular weight excluding hydrogens is 453 g/mol.